The summed E-state index contributed by atoms with van der Waals surface area (Å²) >= 11 is 0. The fourth-order valence-electron chi connectivity index (χ4n) is 4.63. The molecule has 0 bridgehead atoms. The summed E-state index contributed by atoms with van der Waals surface area (Å²) in [6.45, 7) is 7.06. The average molecular weight is 553 g/mol. The Labute approximate surface area is 230 Å². The van der Waals surface area contributed by atoms with Gasteiger partial charge in [-0.2, -0.15) is 0 Å². The van der Waals surface area contributed by atoms with Crippen LogP contribution in [0.5, 0.6) is 5.75 Å². The molecule has 3 atom stereocenters. The number of aromatic nitrogens is 1. The number of ether oxygens (including phenoxy) is 1. The van der Waals surface area contributed by atoms with E-state index < -0.39 is 16.1 Å². The third kappa shape index (κ3) is 6.76. The number of pyridine rings is 1. The normalized spacial score (nSPS) is 18.6. The summed E-state index contributed by atoms with van der Waals surface area (Å²) in [5.74, 6) is -0.252. The zero-order valence-electron chi connectivity index (χ0n) is 22.7. The van der Waals surface area contributed by atoms with Crippen molar-refractivity contribution in [1.82, 2.24) is 14.8 Å². The second-order valence-corrected chi connectivity index (χ2v) is 12.0. The van der Waals surface area contributed by atoms with Crippen LogP contribution in [0.3, 0.4) is 0 Å². The SMILES string of the molecule is Cc1ccc(S(=O)(=O)Nc2cccc3c2O[C@@H](CN(C)Cc2ccncc2)[C@@H](C)CN([C@H](C)CO)C3=O)cc1. The number of anilines is 1. The molecular formula is C29H36N4O5S. The molecule has 0 saturated carbocycles. The molecule has 0 unspecified atom stereocenters. The van der Waals surface area contributed by atoms with Crippen LogP contribution in [-0.4, -0.2) is 73.1 Å². The number of aliphatic hydroxyl groups is 1. The van der Waals surface area contributed by atoms with Crippen LogP contribution in [0, 0.1) is 12.8 Å². The van der Waals surface area contributed by atoms with E-state index in [-0.39, 0.29) is 46.4 Å². The number of hydrogen-bond donors (Lipinski definition) is 2. The number of benzene rings is 2. The monoisotopic (exact) mass is 552 g/mol. The lowest BCUT2D eigenvalue weighted by atomic mass is 9.99. The Morgan fingerprint density at radius 2 is 1.85 bits per heavy atom. The topological polar surface area (TPSA) is 112 Å². The maximum absolute atomic E-state index is 13.7. The zero-order chi connectivity index (χ0) is 28.2. The molecule has 0 fully saturated rings. The number of aliphatic hydroxyl groups excluding tert-OH is 1. The van der Waals surface area contributed by atoms with Gasteiger partial charge in [0.25, 0.3) is 15.9 Å². The number of fused-ring (bicyclic) bond motifs is 1. The van der Waals surface area contributed by atoms with E-state index in [0.717, 1.165) is 11.1 Å². The number of likely N-dealkylation sites (N-methyl/N-ethyl adjacent to an activating group) is 1. The molecule has 4 rings (SSSR count). The van der Waals surface area contributed by atoms with Crippen LogP contribution in [0.2, 0.25) is 0 Å². The van der Waals surface area contributed by atoms with Crippen LogP contribution in [0.1, 0.15) is 35.3 Å². The van der Waals surface area contributed by atoms with Gasteiger partial charge in [-0.3, -0.25) is 19.4 Å². The summed E-state index contributed by atoms with van der Waals surface area (Å²) < 4.78 is 35.7. The number of carbonyl (C=O) groups excluding carboxylic acids is 1. The number of carbonyl (C=O) groups is 1. The van der Waals surface area contributed by atoms with Crippen LogP contribution < -0.4 is 9.46 Å². The molecule has 0 saturated heterocycles. The molecule has 10 heteroatoms. The van der Waals surface area contributed by atoms with Gasteiger partial charge in [-0.25, -0.2) is 8.42 Å². The van der Waals surface area contributed by atoms with E-state index in [1.54, 1.807) is 66.7 Å². The highest BCUT2D eigenvalue weighted by molar-refractivity contribution is 7.92. The molecule has 2 N–H and O–H groups in total. The van der Waals surface area contributed by atoms with Gasteiger partial charge in [-0.1, -0.05) is 30.7 Å². The predicted octanol–water partition coefficient (Wildman–Crippen LogP) is 3.54. The number of hydrogen-bond acceptors (Lipinski definition) is 7. The third-order valence-corrected chi connectivity index (χ3v) is 8.34. The van der Waals surface area contributed by atoms with Crippen molar-refractivity contribution in [3.63, 3.8) is 0 Å². The standard InChI is InChI=1S/C29H36N4O5S/c1-20-8-10-24(11-9-20)39(36,37)31-26-7-5-6-25-28(26)38-27(18-32(4)17-23-12-14-30-15-13-23)21(2)16-33(29(25)35)22(3)19-34/h5-15,21-22,27,31,34H,16-19H2,1-4H3/t21-,22+,27-/m0/s1. The molecule has 9 nitrogen and oxygen atoms in total. The molecule has 1 aliphatic heterocycles. The van der Waals surface area contributed by atoms with Crippen molar-refractivity contribution in [2.75, 3.05) is 31.5 Å². The third-order valence-electron chi connectivity index (χ3n) is 6.96. The highest BCUT2D eigenvalue weighted by Gasteiger charge is 2.35. The fourth-order valence-corrected chi connectivity index (χ4v) is 5.70. The van der Waals surface area contributed by atoms with Gasteiger partial charge in [-0.05, 0) is 62.9 Å². The van der Waals surface area contributed by atoms with Crippen molar-refractivity contribution in [3.8, 4) is 5.75 Å². The van der Waals surface area contributed by atoms with Crippen LogP contribution in [0.25, 0.3) is 0 Å². The zero-order valence-corrected chi connectivity index (χ0v) is 23.6. The van der Waals surface area contributed by atoms with Crippen LogP contribution in [-0.2, 0) is 16.6 Å². The highest BCUT2D eigenvalue weighted by atomic mass is 32.2. The maximum Gasteiger partial charge on any atom is 0.262 e. The Hall–Kier alpha value is -3.47. The second kappa shape index (κ2) is 12.1. The van der Waals surface area contributed by atoms with Gasteiger partial charge in [0.2, 0.25) is 0 Å². The highest BCUT2D eigenvalue weighted by Crippen LogP contribution is 2.36. The molecule has 0 radical (unpaired) electrons. The van der Waals surface area contributed by atoms with Crippen LogP contribution in [0.4, 0.5) is 5.69 Å². The first-order valence-corrected chi connectivity index (χ1v) is 14.5. The van der Waals surface area contributed by atoms with E-state index in [0.29, 0.717) is 19.6 Å². The van der Waals surface area contributed by atoms with Gasteiger partial charge >= 0.3 is 0 Å². The number of amides is 1. The lowest BCUT2D eigenvalue weighted by Gasteiger charge is -2.38. The Balaban J connectivity index is 1.71. The van der Waals surface area contributed by atoms with E-state index in [9.17, 15) is 18.3 Å². The number of nitrogens with zero attached hydrogens (tertiary/aromatic N) is 3. The molecule has 2 aromatic carbocycles. The minimum absolute atomic E-state index is 0.111. The first-order chi connectivity index (χ1) is 18.6. The summed E-state index contributed by atoms with van der Waals surface area (Å²) in [7, 11) is -1.96. The van der Waals surface area contributed by atoms with Crippen molar-refractivity contribution in [3.05, 3.63) is 83.7 Å². The molecular weight excluding hydrogens is 516 g/mol. The summed E-state index contributed by atoms with van der Waals surface area (Å²) in [4.78, 5) is 21.6. The largest absolute Gasteiger partial charge is 0.486 e. The van der Waals surface area contributed by atoms with Crippen molar-refractivity contribution >= 4 is 21.6 Å². The Bertz CT molecular complexity index is 1380. The molecule has 1 aromatic heterocycles. The molecule has 1 aliphatic rings. The quantitative estimate of drug-likeness (QED) is 0.418. The summed E-state index contributed by atoms with van der Waals surface area (Å²) in [5, 5.41) is 9.90. The van der Waals surface area contributed by atoms with Crippen molar-refractivity contribution in [2.24, 2.45) is 5.92 Å². The van der Waals surface area contributed by atoms with E-state index in [4.69, 9.17) is 4.74 Å². The van der Waals surface area contributed by atoms with Gasteiger partial charge in [0, 0.05) is 37.9 Å². The second-order valence-electron chi connectivity index (χ2n) is 10.3. The van der Waals surface area contributed by atoms with Gasteiger partial charge in [0.05, 0.1) is 28.8 Å². The van der Waals surface area contributed by atoms with E-state index >= 15 is 0 Å². The number of aryl methyl sites for hydroxylation is 1. The van der Waals surface area contributed by atoms with Gasteiger partial charge < -0.3 is 14.7 Å². The fraction of sp³-hybridized carbons (Fsp3) is 0.379. The molecule has 2 heterocycles. The molecule has 208 valence electrons. The van der Waals surface area contributed by atoms with E-state index in [1.165, 1.54) is 0 Å². The Morgan fingerprint density at radius 3 is 2.51 bits per heavy atom. The van der Waals surface area contributed by atoms with Crippen molar-refractivity contribution in [1.29, 1.82) is 0 Å². The van der Waals surface area contributed by atoms with Gasteiger partial charge in [-0.15, -0.1) is 0 Å². The Kier molecular flexibility index (Phi) is 8.89. The molecule has 0 aliphatic carbocycles. The molecule has 3 aromatic rings. The van der Waals surface area contributed by atoms with Crippen LogP contribution in [0.15, 0.2) is 71.9 Å². The van der Waals surface area contributed by atoms with Gasteiger partial charge in [0.1, 0.15) is 6.10 Å². The van der Waals surface area contributed by atoms with E-state index in [1.807, 2.05) is 33.0 Å². The smallest absolute Gasteiger partial charge is 0.262 e. The number of para-hydroxylation sites is 1. The number of nitrogens with one attached hydrogen (secondary N) is 1. The summed E-state index contributed by atoms with van der Waals surface area (Å²) in [5.41, 5.74) is 2.48. The maximum atomic E-state index is 13.7. The minimum atomic E-state index is -3.94. The average Bonchev–Trinajstić information content (AvgIpc) is 2.91. The van der Waals surface area contributed by atoms with Crippen LogP contribution >= 0.6 is 0 Å². The lowest BCUT2D eigenvalue weighted by Crippen LogP contribution is -2.49. The minimum Gasteiger partial charge on any atom is -0.486 e. The summed E-state index contributed by atoms with van der Waals surface area (Å²) in [6, 6.07) is 14.9. The predicted molar refractivity (Wildman–Crippen MR) is 150 cm³/mol. The first kappa shape index (κ1) is 28.5. The number of rotatable bonds is 9. The molecule has 0 spiro atoms. The van der Waals surface area contributed by atoms with E-state index in [2.05, 4.69) is 14.6 Å². The molecule has 39 heavy (non-hydrogen) atoms. The van der Waals surface area contributed by atoms with Crippen molar-refractivity contribution in [2.45, 2.75) is 44.4 Å². The van der Waals surface area contributed by atoms with Gasteiger partial charge in [0.15, 0.2) is 5.75 Å². The number of sulfonamides is 1. The lowest BCUT2D eigenvalue weighted by molar-refractivity contribution is 0.0344. The molecule has 1 amide bonds. The first-order valence-electron chi connectivity index (χ1n) is 13.0. The summed E-state index contributed by atoms with van der Waals surface area (Å²) in [6.07, 6.45) is 3.13. The van der Waals surface area contributed by atoms with Crippen molar-refractivity contribution < 1.29 is 23.1 Å². The Morgan fingerprint density at radius 1 is 1.15 bits per heavy atom.